The average Bonchev–Trinajstić information content (AvgIpc) is 2.78. The number of benzene rings is 3. The molecule has 2 N–H and O–H groups in total. The van der Waals surface area contributed by atoms with Crippen molar-refractivity contribution in [3.63, 3.8) is 0 Å². The van der Waals surface area contributed by atoms with Crippen LogP contribution >= 0.6 is 0 Å². The average molecular weight is 402 g/mol. The number of hydrogen-bond acceptors (Lipinski definition) is 3. The van der Waals surface area contributed by atoms with E-state index in [1.807, 2.05) is 54.6 Å². The Morgan fingerprint density at radius 1 is 0.867 bits per heavy atom. The normalized spacial score (nSPS) is 11.4. The summed E-state index contributed by atoms with van der Waals surface area (Å²) in [7, 11) is 0. The van der Waals surface area contributed by atoms with Gasteiger partial charge in [0.05, 0.1) is 11.3 Å². The van der Waals surface area contributed by atoms with E-state index in [0.29, 0.717) is 28.6 Å². The van der Waals surface area contributed by atoms with Crippen LogP contribution in [0.25, 0.3) is 0 Å². The Balaban J connectivity index is 1.66. The maximum absolute atomic E-state index is 12.7. The molecule has 0 bridgehead atoms. The Morgan fingerprint density at radius 3 is 2.30 bits per heavy atom. The van der Waals surface area contributed by atoms with Crippen molar-refractivity contribution in [3.05, 3.63) is 90.0 Å². The number of carbonyl (C=O) groups is 2. The van der Waals surface area contributed by atoms with Crippen LogP contribution in [0, 0.1) is 0 Å². The Kier molecular flexibility index (Phi) is 7.22. The molecular weight excluding hydrogens is 376 g/mol. The molecule has 5 nitrogen and oxygen atoms in total. The first-order valence-electron chi connectivity index (χ1n) is 10.1. The Morgan fingerprint density at radius 2 is 1.53 bits per heavy atom. The van der Waals surface area contributed by atoms with Crippen LogP contribution in [-0.4, -0.2) is 18.4 Å². The van der Waals surface area contributed by atoms with E-state index < -0.39 is 0 Å². The molecule has 0 heterocycles. The number of rotatable bonds is 8. The molecule has 3 rings (SSSR count). The standard InChI is InChI=1S/C25H26N2O3/c1-3-18(2)20-13-8-10-16-23(20)30-17-24(28)27-22-15-9-7-14-21(22)25(29)26-19-11-5-4-6-12-19/h4-16,18H,3,17H2,1-2H3,(H,26,29)(H,27,28). The molecule has 0 saturated carbocycles. The van der Waals surface area contributed by atoms with Crippen LogP contribution in [0.1, 0.15) is 42.1 Å². The predicted octanol–water partition coefficient (Wildman–Crippen LogP) is 5.47. The van der Waals surface area contributed by atoms with Gasteiger partial charge in [0.2, 0.25) is 0 Å². The molecule has 3 aromatic carbocycles. The lowest BCUT2D eigenvalue weighted by Gasteiger charge is -2.16. The fourth-order valence-corrected chi connectivity index (χ4v) is 3.08. The van der Waals surface area contributed by atoms with Crippen LogP contribution in [0.2, 0.25) is 0 Å². The van der Waals surface area contributed by atoms with Crippen molar-refractivity contribution in [3.8, 4) is 5.75 Å². The molecule has 0 radical (unpaired) electrons. The van der Waals surface area contributed by atoms with Crippen molar-refractivity contribution in [2.75, 3.05) is 17.2 Å². The zero-order chi connectivity index (χ0) is 21.3. The number of para-hydroxylation sites is 3. The van der Waals surface area contributed by atoms with Gasteiger partial charge in [0.25, 0.3) is 11.8 Å². The molecular formula is C25H26N2O3. The molecule has 0 saturated heterocycles. The second-order valence-corrected chi connectivity index (χ2v) is 7.05. The van der Waals surface area contributed by atoms with Crippen LogP contribution < -0.4 is 15.4 Å². The maximum Gasteiger partial charge on any atom is 0.262 e. The summed E-state index contributed by atoms with van der Waals surface area (Å²) in [6.45, 7) is 4.11. The number of nitrogens with one attached hydrogen (secondary N) is 2. The van der Waals surface area contributed by atoms with Crippen LogP contribution in [-0.2, 0) is 4.79 Å². The SMILES string of the molecule is CCC(C)c1ccccc1OCC(=O)Nc1ccccc1C(=O)Nc1ccccc1. The van der Waals surface area contributed by atoms with Crippen molar-refractivity contribution < 1.29 is 14.3 Å². The Bertz CT molecular complexity index is 1000. The summed E-state index contributed by atoms with van der Waals surface area (Å²) >= 11 is 0. The van der Waals surface area contributed by atoms with E-state index in [2.05, 4.69) is 24.5 Å². The minimum Gasteiger partial charge on any atom is -0.483 e. The van der Waals surface area contributed by atoms with Gasteiger partial charge in [-0.05, 0) is 48.2 Å². The highest BCUT2D eigenvalue weighted by molar-refractivity contribution is 6.10. The molecule has 3 aromatic rings. The fourth-order valence-electron chi connectivity index (χ4n) is 3.08. The first kappa shape index (κ1) is 21.1. The lowest BCUT2D eigenvalue weighted by molar-refractivity contribution is -0.118. The van der Waals surface area contributed by atoms with Gasteiger partial charge in [0.15, 0.2) is 6.61 Å². The number of carbonyl (C=O) groups excluding carboxylic acids is 2. The largest absolute Gasteiger partial charge is 0.483 e. The van der Waals surface area contributed by atoms with Crippen LogP contribution in [0.4, 0.5) is 11.4 Å². The zero-order valence-corrected chi connectivity index (χ0v) is 17.2. The van der Waals surface area contributed by atoms with Crippen molar-refractivity contribution >= 4 is 23.2 Å². The van der Waals surface area contributed by atoms with Crippen molar-refractivity contribution in [1.82, 2.24) is 0 Å². The highest BCUT2D eigenvalue weighted by Gasteiger charge is 2.15. The monoisotopic (exact) mass is 402 g/mol. The highest BCUT2D eigenvalue weighted by atomic mass is 16.5. The number of ether oxygens (including phenoxy) is 1. The van der Waals surface area contributed by atoms with E-state index in [9.17, 15) is 9.59 Å². The predicted molar refractivity (Wildman–Crippen MR) is 120 cm³/mol. The van der Waals surface area contributed by atoms with E-state index >= 15 is 0 Å². The Labute approximate surface area is 177 Å². The molecule has 0 aliphatic carbocycles. The molecule has 0 fully saturated rings. The van der Waals surface area contributed by atoms with E-state index in [4.69, 9.17) is 4.74 Å². The van der Waals surface area contributed by atoms with E-state index in [-0.39, 0.29) is 18.4 Å². The van der Waals surface area contributed by atoms with Crippen molar-refractivity contribution in [2.24, 2.45) is 0 Å². The third-order valence-corrected chi connectivity index (χ3v) is 4.90. The first-order valence-corrected chi connectivity index (χ1v) is 10.1. The first-order chi connectivity index (χ1) is 14.6. The van der Waals surface area contributed by atoms with E-state index in [0.717, 1.165) is 12.0 Å². The topological polar surface area (TPSA) is 67.4 Å². The quantitative estimate of drug-likeness (QED) is 0.525. The molecule has 2 amide bonds. The molecule has 1 atom stereocenters. The summed E-state index contributed by atoms with van der Waals surface area (Å²) < 4.78 is 5.78. The van der Waals surface area contributed by atoms with Crippen molar-refractivity contribution in [1.29, 1.82) is 0 Å². The van der Waals surface area contributed by atoms with Gasteiger partial charge in [0, 0.05) is 5.69 Å². The van der Waals surface area contributed by atoms with Crippen LogP contribution in [0.3, 0.4) is 0 Å². The molecule has 154 valence electrons. The minimum absolute atomic E-state index is 0.137. The fraction of sp³-hybridized carbons (Fsp3) is 0.200. The molecule has 0 aliphatic rings. The molecule has 0 spiro atoms. The Hall–Kier alpha value is -3.60. The molecule has 0 aliphatic heterocycles. The second kappa shape index (κ2) is 10.3. The van der Waals surface area contributed by atoms with Gasteiger partial charge in [-0.15, -0.1) is 0 Å². The number of hydrogen-bond donors (Lipinski definition) is 2. The third kappa shape index (κ3) is 5.47. The summed E-state index contributed by atoms with van der Waals surface area (Å²) in [6, 6.07) is 23.8. The van der Waals surface area contributed by atoms with Gasteiger partial charge in [0.1, 0.15) is 5.75 Å². The zero-order valence-electron chi connectivity index (χ0n) is 17.2. The maximum atomic E-state index is 12.7. The van der Waals surface area contributed by atoms with Crippen molar-refractivity contribution in [2.45, 2.75) is 26.2 Å². The number of anilines is 2. The summed E-state index contributed by atoms with van der Waals surface area (Å²) in [6.07, 6.45) is 0.983. The van der Waals surface area contributed by atoms with E-state index in [1.165, 1.54) is 0 Å². The highest BCUT2D eigenvalue weighted by Crippen LogP contribution is 2.28. The summed E-state index contributed by atoms with van der Waals surface area (Å²) in [5.41, 5.74) is 2.59. The molecule has 5 heteroatoms. The molecule has 1 unspecified atom stereocenters. The van der Waals surface area contributed by atoms with Gasteiger partial charge in [-0.1, -0.05) is 62.4 Å². The van der Waals surface area contributed by atoms with Crippen LogP contribution in [0.15, 0.2) is 78.9 Å². The van der Waals surface area contributed by atoms with Gasteiger partial charge in [-0.2, -0.15) is 0 Å². The smallest absolute Gasteiger partial charge is 0.262 e. The summed E-state index contributed by atoms with van der Waals surface area (Å²) in [5, 5.41) is 5.62. The molecule has 0 aromatic heterocycles. The van der Waals surface area contributed by atoms with Gasteiger partial charge in [-0.25, -0.2) is 0 Å². The van der Waals surface area contributed by atoms with E-state index in [1.54, 1.807) is 24.3 Å². The second-order valence-electron chi connectivity index (χ2n) is 7.05. The van der Waals surface area contributed by atoms with Crippen LogP contribution in [0.5, 0.6) is 5.75 Å². The summed E-state index contributed by atoms with van der Waals surface area (Å²) in [4.78, 5) is 25.2. The van der Waals surface area contributed by atoms with Gasteiger partial charge in [-0.3, -0.25) is 9.59 Å². The minimum atomic E-state index is -0.325. The summed E-state index contributed by atoms with van der Waals surface area (Å²) in [5.74, 6) is 0.429. The van der Waals surface area contributed by atoms with Gasteiger partial charge < -0.3 is 15.4 Å². The third-order valence-electron chi connectivity index (χ3n) is 4.90. The van der Waals surface area contributed by atoms with Gasteiger partial charge >= 0.3 is 0 Å². The number of amides is 2. The lowest BCUT2D eigenvalue weighted by atomic mass is 9.98. The molecule has 30 heavy (non-hydrogen) atoms. The lowest BCUT2D eigenvalue weighted by Crippen LogP contribution is -2.23.